The molecule has 0 aliphatic carbocycles. The number of rotatable bonds is 5. The summed E-state index contributed by atoms with van der Waals surface area (Å²) in [4.78, 5) is 16.8. The molecule has 8 nitrogen and oxygen atoms in total. The van der Waals surface area contributed by atoms with E-state index in [0.717, 1.165) is 37.1 Å². The third-order valence-corrected chi connectivity index (χ3v) is 4.98. The lowest BCUT2D eigenvalue weighted by molar-refractivity contribution is 0.102. The number of hydrogen-bond acceptors (Lipinski definition) is 6. The fourth-order valence-electron chi connectivity index (χ4n) is 3.29. The molecule has 1 fully saturated rings. The third-order valence-electron chi connectivity index (χ3n) is 4.98. The average molecular weight is 392 g/mol. The number of anilines is 1. The molecule has 150 valence electrons. The molecule has 1 aromatic carbocycles. The van der Waals surface area contributed by atoms with Gasteiger partial charge in [-0.1, -0.05) is 11.3 Å². The van der Waals surface area contributed by atoms with Crippen molar-refractivity contribution in [1.82, 2.24) is 25.3 Å². The molecule has 1 amide bonds. The lowest BCUT2D eigenvalue weighted by Gasteiger charge is -2.22. The summed E-state index contributed by atoms with van der Waals surface area (Å²) in [7, 11) is 0. The normalized spacial score (nSPS) is 14.6. The van der Waals surface area contributed by atoms with Gasteiger partial charge in [0.05, 0.1) is 12.2 Å². The van der Waals surface area contributed by atoms with Gasteiger partial charge >= 0.3 is 0 Å². The second-order valence-electron chi connectivity index (χ2n) is 7.27. The van der Waals surface area contributed by atoms with Crippen LogP contribution in [0.25, 0.3) is 0 Å². The van der Waals surface area contributed by atoms with Crippen molar-refractivity contribution < 1.29 is 9.53 Å². The molecular formula is C21H24N6O2. The van der Waals surface area contributed by atoms with Gasteiger partial charge < -0.3 is 15.4 Å². The van der Waals surface area contributed by atoms with E-state index in [4.69, 9.17) is 4.74 Å². The Labute approximate surface area is 169 Å². The summed E-state index contributed by atoms with van der Waals surface area (Å²) in [5, 5.41) is 14.4. The molecule has 1 aliphatic heterocycles. The number of carbonyl (C=O) groups is 1. The van der Waals surface area contributed by atoms with Gasteiger partial charge in [0.2, 0.25) is 5.88 Å². The molecule has 2 aromatic heterocycles. The van der Waals surface area contributed by atoms with Crippen LogP contribution in [0, 0.1) is 13.8 Å². The molecule has 0 spiro atoms. The van der Waals surface area contributed by atoms with Crippen LogP contribution in [0.2, 0.25) is 0 Å². The minimum Gasteiger partial charge on any atom is -0.439 e. The van der Waals surface area contributed by atoms with E-state index in [1.807, 2.05) is 38.1 Å². The van der Waals surface area contributed by atoms with Crippen LogP contribution >= 0.6 is 0 Å². The van der Waals surface area contributed by atoms with Crippen LogP contribution in [0.5, 0.6) is 11.6 Å². The fraction of sp³-hybridized carbons (Fsp3) is 0.333. The van der Waals surface area contributed by atoms with Crippen molar-refractivity contribution in [3.8, 4) is 11.6 Å². The van der Waals surface area contributed by atoms with Crippen LogP contribution < -0.4 is 15.4 Å². The Balaban J connectivity index is 1.46. The smallest absolute Gasteiger partial charge is 0.277 e. The molecular weight excluding hydrogens is 368 g/mol. The van der Waals surface area contributed by atoms with Gasteiger partial charge in [0.1, 0.15) is 5.75 Å². The Hall–Kier alpha value is -3.26. The molecule has 1 aliphatic rings. The SMILES string of the molecule is Cc1ccnc(Oc2cc(NC(=O)c3cn(C4CCNCC4)nn3)ccc2C)c1. The highest BCUT2D eigenvalue weighted by Crippen LogP contribution is 2.27. The van der Waals surface area contributed by atoms with Gasteiger partial charge in [-0.15, -0.1) is 5.10 Å². The second-order valence-corrected chi connectivity index (χ2v) is 7.27. The number of benzene rings is 1. The van der Waals surface area contributed by atoms with Gasteiger partial charge in [-0.05, 0) is 63.0 Å². The number of piperidine rings is 1. The minimum atomic E-state index is -0.298. The number of carbonyl (C=O) groups excluding carboxylic acids is 1. The number of aromatic nitrogens is 4. The molecule has 3 heterocycles. The first kappa shape index (κ1) is 19.1. The maximum atomic E-state index is 12.6. The van der Waals surface area contributed by atoms with Crippen LogP contribution in [0.15, 0.2) is 42.7 Å². The first-order chi connectivity index (χ1) is 14.1. The minimum absolute atomic E-state index is 0.284. The van der Waals surface area contributed by atoms with Crippen LogP contribution in [0.3, 0.4) is 0 Å². The summed E-state index contributed by atoms with van der Waals surface area (Å²) in [6.07, 6.45) is 5.39. The number of hydrogen-bond donors (Lipinski definition) is 2. The van der Waals surface area contributed by atoms with Gasteiger partial charge in [0.15, 0.2) is 5.69 Å². The summed E-state index contributed by atoms with van der Waals surface area (Å²) in [5.41, 5.74) is 2.93. The van der Waals surface area contributed by atoms with Gasteiger partial charge in [0.25, 0.3) is 5.91 Å². The molecule has 0 unspecified atom stereocenters. The van der Waals surface area contributed by atoms with Crippen molar-refractivity contribution in [2.45, 2.75) is 32.7 Å². The fourth-order valence-corrected chi connectivity index (χ4v) is 3.29. The van der Waals surface area contributed by atoms with Crippen LogP contribution in [0.4, 0.5) is 5.69 Å². The lowest BCUT2D eigenvalue weighted by Crippen LogP contribution is -2.29. The standard InChI is InChI=1S/C21H24N6O2/c1-14-5-10-23-20(11-14)29-19-12-16(4-3-15(19)2)24-21(28)18-13-27(26-25-18)17-6-8-22-9-7-17/h3-5,10-13,17,22H,6-9H2,1-2H3,(H,24,28). The monoisotopic (exact) mass is 392 g/mol. The van der Waals surface area contributed by atoms with E-state index in [-0.39, 0.29) is 11.9 Å². The van der Waals surface area contributed by atoms with Crippen molar-refractivity contribution in [2.24, 2.45) is 0 Å². The van der Waals surface area contributed by atoms with E-state index < -0.39 is 0 Å². The number of nitrogens with one attached hydrogen (secondary N) is 2. The molecule has 4 rings (SSSR count). The Morgan fingerprint density at radius 2 is 2.03 bits per heavy atom. The Bertz CT molecular complexity index is 1010. The number of amides is 1. The molecule has 8 heteroatoms. The zero-order valence-corrected chi connectivity index (χ0v) is 16.6. The molecule has 3 aromatic rings. The van der Waals surface area contributed by atoms with E-state index in [2.05, 4.69) is 25.9 Å². The number of aryl methyl sites for hydroxylation is 2. The summed E-state index contributed by atoms with van der Waals surface area (Å²) in [5.74, 6) is 0.856. The summed E-state index contributed by atoms with van der Waals surface area (Å²) >= 11 is 0. The van der Waals surface area contributed by atoms with Crippen molar-refractivity contribution in [3.05, 3.63) is 59.5 Å². The van der Waals surface area contributed by atoms with Gasteiger partial charge in [-0.2, -0.15) is 0 Å². The highest BCUT2D eigenvalue weighted by atomic mass is 16.5. The maximum absolute atomic E-state index is 12.6. The van der Waals surface area contributed by atoms with Crippen molar-refractivity contribution >= 4 is 11.6 Å². The first-order valence-corrected chi connectivity index (χ1v) is 9.73. The highest BCUT2D eigenvalue weighted by molar-refractivity contribution is 6.02. The quantitative estimate of drug-likeness (QED) is 0.692. The molecule has 0 radical (unpaired) electrons. The summed E-state index contributed by atoms with van der Waals surface area (Å²) < 4.78 is 7.70. The van der Waals surface area contributed by atoms with E-state index in [0.29, 0.717) is 23.0 Å². The third kappa shape index (κ3) is 4.60. The van der Waals surface area contributed by atoms with Crippen LogP contribution in [-0.2, 0) is 0 Å². The van der Waals surface area contributed by atoms with Crippen molar-refractivity contribution in [3.63, 3.8) is 0 Å². The first-order valence-electron chi connectivity index (χ1n) is 9.73. The largest absolute Gasteiger partial charge is 0.439 e. The zero-order valence-electron chi connectivity index (χ0n) is 16.6. The Morgan fingerprint density at radius 3 is 2.83 bits per heavy atom. The summed E-state index contributed by atoms with van der Waals surface area (Å²) in [6.45, 7) is 5.83. The van der Waals surface area contributed by atoms with Crippen molar-refractivity contribution in [2.75, 3.05) is 18.4 Å². The van der Waals surface area contributed by atoms with Crippen LogP contribution in [-0.4, -0.2) is 39.0 Å². The molecule has 1 saturated heterocycles. The molecule has 0 saturated carbocycles. The predicted octanol–water partition coefficient (Wildman–Crippen LogP) is 3.26. The lowest BCUT2D eigenvalue weighted by atomic mass is 10.1. The average Bonchev–Trinajstić information content (AvgIpc) is 3.22. The highest BCUT2D eigenvalue weighted by Gasteiger charge is 2.19. The molecule has 2 N–H and O–H groups in total. The predicted molar refractivity (Wildman–Crippen MR) is 109 cm³/mol. The Morgan fingerprint density at radius 1 is 1.21 bits per heavy atom. The number of pyridine rings is 1. The van der Waals surface area contributed by atoms with Crippen LogP contribution in [0.1, 0.15) is 40.5 Å². The number of ether oxygens (including phenoxy) is 1. The Kier molecular flexibility index (Phi) is 5.53. The van der Waals surface area contributed by atoms with E-state index >= 15 is 0 Å². The van der Waals surface area contributed by atoms with E-state index in [9.17, 15) is 4.79 Å². The van der Waals surface area contributed by atoms with Crippen molar-refractivity contribution in [1.29, 1.82) is 0 Å². The van der Waals surface area contributed by atoms with Gasteiger partial charge in [0, 0.05) is 24.0 Å². The topological polar surface area (TPSA) is 94.0 Å². The molecule has 29 heavy (non-hydrogen) atoms. The molecule has 0 bridgehead atoms. The maximum Gasteiger partial charge on any atom is 0.277 e. The van der Waals surface area contributed by atoms with Gasteiger partial charge in [-0.25, -0.2) is 9.67 Å². The number of nitrogens with zero attached hydrogens (tertiary/aromatic N) is 4. The van der Waals surface area contributed by atoms with E-state index in [1.165, 1.54) is 0 Å². The zero-order chi connectivity index (χ0) is 20.2. The van der Waals surface area contributed by atoms with Gasteiger partial charge in [-0.3, -0.25) is 4.79 Å². The second kappa shape index (κ2) is 8.40. The van der Waals surface area contributed by atoms with E-state index in [1.54, 1.807) is 23.1 Å². The summed E-state index contributed by atoms with van der Waals surface area (Å²) in [6, 6.07) is 9.57. The molecule has 0 atom stereocenters.